The maximum absolute atomic E-state index is 13.0. The van der Waals surface area contributed by atoms with Crippen LogP contribution >= 0.6 is 15.9 Å². The van der Waals surface area contributed by atoms with Crippen LogP contribution in [0.3, 0.4) is 0 Å². The van der Waals surface area contributed by atoms with Gasteiger partial charge in [-0.1, -0.05) is 30.3 Å². The number of imidazole rings is 1. The molecule has 0 spiro atoms. The zero-order valence-electron chi connectivity index (χ0n) is 12.8. The van der Waals surface area contributed by atoms with Crippen molar-refractivity contribution in [2.24, 2.45) is 0 Å². The molecular formula is C16H17BrN4O3. The highest BCUT2D eigenvalue weighted by molar-refractivity contribution is 9.10. The summed E-state index contributed by atoms with van der Waals surface area (Å²) in [6.07, 6.45) is 2.07. The number of amides is 2. The lowest BCUT2D eigenvalue weighted by atomic mass is 10.1. The second-order valence-electron chi connectivity index (χ2n) is 5.60. The minimum Gasteiger partial charge on any atom is -0.465 e. The molecule has 0 saturated carbocycles. The first-order chi connectivity index (χ1) is 11.6. The van der Waals surface area contributed by atoms with E-state index in [1.165, 1.54) is 0 Å². The van der Waals surface area contributed by atoms with Crippen LogP contribution in [0.4, 0.5) is 4.79 Å². The van der Waals surface area contributed by atoms with Gasteiger partial charge in [0.1, 0.15) is 16.5 Å². The smallest absolute Gasteiger partial charge is 0.405 e. The van der Waals surface area contributed by atoms with Crippen LogP contribution in [-0.4, -0.2) is 38.5 Å². The summed E-state index contributed by atoms with van der Waals surface area (Å²) in [7, 11) is 0. The molecule has 1 aliphatic rings. The molecule has 7 nitrogen and oxygen atoms in total. The lowest BCUT2D eigenvalue weighted by Gasteiger charge is -2.28. The van der Waals surface area contributed by atoms with Crippen molar-refractivity contribution in [3.8, 4) is 0 Å². The maximum Gasteiger partial charge on any atom is 0.405 e. The van der Waals surface area contributed by atoms with Crippen LogP contribution in [0.5, 0.6) is 0 Å². The molecule has 1 fully saturated rings. The Morgan fingerprint density at radius 3 is 2.75 bits per heavy atom. The molecule has 24 heavy (non-hydrogen) atoms. The highest BCUT2D eigenvalue weighted by atomic mass is 79.9. The average molecular weight is 393 g/mol. The standard InChI is InChI=1S/C16H17BrN4O3/c17-12-9-18-14(19-12)11-7-4-8-21(11)15(22)13(20-16(23)24)10-5-2-1-3-6-10/h1-3,5-6,9,11,13,20H,4,7-8H2,(H,18,19)(H,23,24)/t11-,13?/m0/s1. The Kier molecular flexibility index (Phi) is 4.84. The van der Waals surface area contributed by atoms with Gasteiger partial charge in [-0.05, 0) is 34.3 Å². The topological polar surface area (TPSA) is 98.3 Å². The molecule has 0 bridgehead atoms. The van der Waals surface area contributed by atoms with E-state index in [1.54, 1.807) is 35.4 Å². The molecule has 2 amide bonds. The summed E-state index contributed by atoms with van der Waals surface area (Å²) in [6, 6.07) is 7.77. The van der Waals surface area contributed by atoms with E-state index < -0.39 is 12.1 Å². The third-order valence-corrected chi connectivity index (χ3v) is 4.47. The molecule has 126 valence electrons. The van der Waals surface area contributed by atoms with Crippen LogP contribution in [0.1, 0.15) is 36.3 Å². The highest BCUT2D eigenvalue weighted by Crippen LogP contribution is 2.33. The summed E-state index contributed by atoms with van der Waals surface area (Å²) in [5.74, 6) is 0.438. The molecule has 1 unspecified atom stereocenters. The molecular weight excluding hydrogens is 376 g/mol. The summed E-state index contributed by atoms with van der Waals surface area (Å²) in [5, 5.41) is 11.5. The van der Waals surface area contributed by atoms with Crippen molar-refractivity contribution in [1.29, 1.82) is 0 Å². The van der Waals surface area contributed by atoms with Crippen LogP contribution in [0.2, 0.25) is 0 Å². The number of aromatic amines is 1. The summed E-state index contributed by atoms with van der Waals surface area (Å²) < 4.78 is 0.750. The molecule has 8 heteroatoms. The van der Waals surface area contributed by atoms with Crippen molar-refractivity contribution in [2.45, 2.75) is 24.9 Å². The van der Waals surface area contributed by atoms with E-state index in [1.807, 2.05) is 6.07 Å². The van der Waals surface area contributed by atoms with Gasteiger partial charge in [0.05, 0.1) is 12.2 Å². The Morgan fingerprint density at radius 1 is 1.38 bits per heavy atom. The molecule has 2 aromatic rings. The largest absolute Gasteiger partial charge is 0.465 e. The first-order valence-electron chi connectivity index (χ1n) is 7.61. The first-order valence-corrected chi connectivity index (χ1v) is 8.41. The summed E-state index contributed by atoms with van der Waals surface area (Å²) >= 11 is 3.32. The number of hydrogen-bond donors (Lipinski definition) is 3. The number of hydrogen-bond acceptors (Lipinski definition) is 3. The van der Waals surface area contributed by atoms with E-state index in [4.69, 9.17) is 5.11 Å². The predicted molar refractivity (Wildman–Crippen MR) is 90.3 cm³/mol. The summed E-state index contributed by atoms with van der Waals surface area (Å²) in [4.78, 5) is 33.3. The van der Waals surface area contributed by atoms with Gasteiger partial charge in [-0.3, -0.25) is 4.79 Å². The number of carbonyl (C=O) groups excluding carboxylic acids is 1. The molecule has 0 radical (unpaired) electrons. The second kappa shape index (κ2) is 7.04. The molecule has 0 aliphatic carbocycles. The number of nitrogens with zero attached hydrogens (tertiary/aromatic N) is 2. The van der Waals surface area contributed by atoms with E-state index in [2.05, 4.69) is 31.2 Å². The van der Waals surface area contributed by atoms with Gasteiger partial charge in [-0.25, -0.2) is 9.78 Å². The fourth-order valence-corrected chi connectivity index (χ4v) is 3.33. The SMILES string of the molecule is O=C(O)NC(C(=O)N1CCC[C@H]1c1ncc(Br)[nH]1)c1ccccc1. The minimum absolute atomic E-state index is 0.175. The molecule has 2 heterocycles. The number of nitrogens with one attached hydrogen (secondary N) is 2. The van der Waals surface area contributed by atoms with E-state index in [0.29, 0.717) is 17.9 Å². The summed E-state index contributed by atoms with van der Waals surface area (Å²) in [5.41, 5.74) is 0.621. The van der Waals surface area contributed by atoms with Crippen molar-refractivity contribution in [3.05, 3.63) is 52.5 Å². The molecule has 1 aliphatic heterocycles. The van der Waals surface area contributed by atoms with E-state index in [0.717, 1.165) is 17.4 Å². The van der Waals surface area contributed by atoms with Crippen LogP contribution in [0.15, 0.2) is 41.1 Å². The predicted octanol–water partition coefficient (Wildman–Crippen LogP) is 2.84. The minimum atomic E-state index is -1.23. The zero-order chi connectivity index (χ0) is 17.1. The van der Waals surface area contributed by atoms with Crippen molar-refractivity contribution >= 4 is 27.9 Å². The molecule has 3 rings (SSSR count). The number of carboxylic acid groups (broad SMARTS) is 1. The van der Waals surface area contributed by atoms with Gasteiger partial charge in [-0.2, -0.15) is 0 Å². The lowest BCUT2D eigenvalue weighted by molar-refractivity contribution is -0.134. The third-order valence-electron chi connectivity index (χ3n) is 4.06. The lowest BCUT2D eigenvalue weighted by Crippen LogP contribution is -2.42. The number of aromatic nitrogens is 2. The normalized spacial score (nSPS) is 18.4. The Hall–Kier alpha value is -2.35. The third kappa shape index (κ3) is 3.43. The Morgan fingerprint density at radius 2 is 2.12 bits per heavy atom. The van der Waals surface area contributed by atoms with Crippen LogP contribution in [0.25, 0.3) is 0 Å². The Balaban J connectivity index is 1.87. The Bertz CT molecular complexity index is 734. The second-order valence-corrected chi connectivity index (χ2v) is 6.45. The maximum atomic E-state index is 13.0. The number of H-pyrrole nitrogens is 1. The summed E-state index contributed by atoms with van der Waals surface area (Å²) in [6.45, 7) is 0.576. The van der Waals surface area contributed by atoms with Crippen LogP contribution in [0, 0.1) is 0 Å². The molecule has 1 aromatic heterocycles. The zero-order valence-corrected chi connectivity index (χ0v) is 14.4. The fourth-order valence-electron chi connectivity index (χ4n) is 3.02. The Labute approximate surface area is 147 Å². The van der Waals surface area contributed by atoms with Gasteiger partial charge in [0, 0.05) is 6.54 Å². The van der Waals surface area contributed by atoms with Crippen LogP contribution < -0.4 is 5.32 Å². The number of rotatable bonds is 4. The first kappa shape index (κ1) is 16.5. The van der Waals surface area contributed by atoms with Crippen molar-refractivity contribution < 1.29 is 14.7 Å². The van der Waals surface area contributed by atoms with E-state index in [-0.39, 0.29) is 11.9 Å². The van der Waals surface area contributed by atoms with Crippen LogP contribution in [-0.2, 0) is 4.79 Å². The van der Waals surface area contributed by atoms with Gasteiger partial charge in [0.25, 0.3) is 5.91 Å². The average Bonchev–Trinajstić information content (AvgIpc) is 3.21. The van der Waals surface area contributed by atoms with Gasteiger partial charge in [0.2, 0.25) is 0 Å². The number of likely N-dealkylation sites (tertiary alicyclic amines) is 1. The molecule has 3 N–H and O–H groups in total. The van der Waals surface area contributed by atoms with Gasteiger partial charge in [-0.15, -0.1) is 0 Å². The van der Waals surface area contributed by atoms with E-state index >= 15 is 0 Å². The van der Waals surface area contributed by atoms with Crippen molar-refractivity contribution in [1.82, 2.24) is 20.2 Å². The number of halogens is 1. The van der Waals surface area contributed by atoms with Gasteiger partial charge in [0.15, 0.2) is 0 Å². The van der Waals surface area contributed by atoms with Gasteiger partial charge >= 0.3 is 6.09 Å². The number of carbonyl (C=O) groups is 2. The quantitative estimate of drug-likeness (QED) is 0.744. The fraction of sp³-hybridized carbons (Fsp3) is 0.312. The van der Waals surface area contributed by atoms with Crippen molar-refractivity contribution in [3.63, 3.8) is 0 Å². The van der Waals surface area contributed by atoms with Crippen molar-refractivity contribution in [2.75, 3.05) is 6.54 Å². The molecule has 2 atom stereocenters. The monoisotopic (exact) mass is 392 g/mol. The highest BCUT2D eigenvalue weighted by Gasteiger charge is 2.36. The number of benzene rings is 1. The van der Waals surface area contributed by atoms with Gasteiger partial charge < -0.3 is 20.3 Å². The molecule has 1 saturated heterocycles. The molecule has 1 aromatic carbocycles. The van der Waals surface area contributed by atoms with E-state index in [9.17, 15) is 9.59 Å².